The molecule has 0 spiro atoms. The van der Waals surface area contributed by atoms with Crippen LogP contribution in [0.4, 0.5) is 0 Å². The quantitative estimate of drug-likeness (QED) is 0.204. The largest absolute Gasteiger partial charge is 0.309 e. The number of hydrogen-bond acceptors (Lipinski definition) is 2. The molecule has 9 rings (SSSR count). The Kier molecular flexibility index (Phi) is 5.85. The average molecular weight is 590 g/mol. The number of para-hydroxylation sites is 1. The molecule has 0 fully saturated rings. The molecule has 1 aliphatic carbocycles. The summed E-state index contributed by atoms with van der Waals surface area (Å²) in [6, 6.07) is 53.9. The van der Waals surface area contributed by atoms with Crippen molar-refractivity contribution in [3.8, 4) is 50.7 Å². The minimum absolute atomic E-state index is 0.0419. The van der Waals surface area contributed by atoms with E-state index in [1.807, 2.05) is 24.3 Å². The maximum Gasteiger partial charge on any atom is 0.160 e. The first-order valence-corrected chi connectivity index (χ1v) is 15.8. The van der Waals surface area contributed by atoms with Gasteiger partial charge in [-0.05, 0) is 58.7 Å². The van der Waals surface area contributed by atoms with Crippen LogP contribution in [0.2, 0.25) is 0 Å². The fraction of sp³-hybridized carbons (Fsp3) is 0.0698. The van der Waals surface area contributed by atoms with Crippen LogP contribution in [-0.2, 0) is 5.41 Å². The minimum Gasteiger partial charge on any atom is -0.309 e. The lowest BCUT2D eigenvalue weighted by molar-refractivity contribution is 0.661. The van der Waals surface area contributed by atoms with E-state index in [1.54, 1.807) is 0 Å². The van der Waals surface area contributed by atoms with Crippen LogP contribution >= 0.6 is 0 Å². The van der Waals surface area contributed by atoms with E-state index in [0.29, 0.717) is 0 Å². The van der Waals surface area contributed by atoms with Gasteiger partial charge in [0.15, 0.2) is 5.82 Å². The summed E-state index contributed by atoms with van der Waals surface area (Å²) in [6.45, 7) is 4.70. The molecular formula is C43H31N3. The zero-order valence-electron chi connectivity index (χ0n) is 25.8. The molecule has 0 atom stereocenters. The molecule has 6 aromatic carbocycles. The van der Waals surface area contributed by atoms with Crippen LogP contribution in [0.1, 0.15) is 25.0 Å². The van der Waals surface area contributed by atoms with Crippen molar-refractivity contribution in [2.45, 2.75) is 19.3 Å². The second kappa shape index (κ2) is 10.1. The number of fused-ring (bicyclic) bond motifs is 6. The van der Waals surface area contributed by atoms with E-state index in [4.69, 9.17) is 9.97 Å². The predicted octanol–water partition coefficient (Wildman–Crippen LogP) is 10.9. The van der Waals surface area contributed by atoms with Gasteiger partial charge in [-0.25, -0.2) is 9.97 Å². The van der Waals surface area contributed by atoms with Crippen molar-refractivity contribution in [1.82, 2.24) is 14.5 Å². The predicted molar refractivity (Wildman–Crippen MR) is 190 cm³/mol. The van der Waals surface area contributed by atoms with Crippen LogP contribution in [0.25, 0.3) is 72.5 Å². The fourth-order valence-electron chi connectivity index (χ4n) is 7.29. The topological polar surface area (TPSA) is 30.7 Å². The van der Waals surface area contributed by atoms with Crippen LogP contribution in [-0.4, -0.2) is 14.5 Å². The summed E-state index contributed by atoms with van der Waals surface area (Å²) in [7, 11) is 0. The Hall–Kier alpha value is -5.80. The molecule has 0 bridgehead atoms. The summed E-state index contributed by atoms with van der Waals surface area (Å²) in [5, 5.41) is 2.56. The first kappa shape index (κ1) is 26.6. The van der Waals surface area contributed by atoms with Crippen molar-refractivity contribution in [3.63, 3.8) is 0 Å². The molecule has 218 valence electrons. The molecule has 0 aliphatic heterocycles. The van der Waals surface area contributed by atoms with Gasteiger partial charge in [-0.2, -0.15) is 0 Å². The van der Waals surface area contributed by atoms with Crippen molar-refractivity contribution in [2.75, 3.05) is 0 Å². The van der Waals surface area contributed by atoms with E-state index in [1.165, 1.54) is 44.1 Å². The van der Waals surface area contributed by atoms with Gasteiger partial charge in [-0.15, -0.1) is 0 Å². The third kappa shape index (κ3) is 4.05. The van der Waals surface area contributed by atoms with Gasteiger partial charge in [0.1, 0.15) is 0 Å². The van der Waals surface area contributed by atoms with Gasteiger partial charge in [-0.3, -0.25) is 0 Å². The van der Waals surface area contributed by atoms with Crippen molar-refractivity contribution < 1.29 is 0 Å². The molecule has 0 unspecified atom stereocenters. The lowest BCUT2D eigenvalue weighted by atomic mass is 9.82. The van der Waals surface area contributed by atoms with Crippen LogP contribution < -0.4 is 0 Å². The third-order valence-electron chi connectivity index (χ3n) is 9.62. The highest BCUT2D eigenvalue weighted by atomic mass is 15.0. The molecule has 3 nitrogen and oxygen atoms in total. The minimum atomic E-state index is -0.0419. The Morgan fingerprint density at radius 2 is 1.07 bits per heavy atom. The van der Waals surface area contributed by atoms with E-state index in [0.717, 1.165) is 39.6 Å². The average Bonchev–Trinajstić information content (AvgIpc) is 3.56. The number of nitrogens with zero attached hydrogens (tertiary/aromatic N) is 3. The van der Waals surface area contributed by atoms with Gasteiger partial charge < -0.3 is 4.57 Å². The van der Waals surface area contributed by atoms with Crippen LogP contribution in [0.3, 0.4) is 0 Å². The fourth-order valence-corrected chi connectivity index (χ4v) is 7.29. The third-order valence-corrected chi connectivity index (χ3v) is 9.62. The highest BCUT2D eigenvalue weighted by molar-refractivity contribution is 6.11. The number of benzene rings is 6. The molecule has 1 aliphatic rings. The maximum atomic E-state index is 5.05. The number of aromatic nitrogens is 3. The molecule has 3 heteroatoms. The Balaban J connectivity index is 1.21. The maximum absolute atomic E-state index is 5.05. The Morgan fingerprint density at radius 3 is 1.80 bits per heavy atom. The molecule has 8 aromatic rings. The summed E-state index contributed by atoms with van der Waals surface area (Å²) in [4.78, 5) is 10.0. The molecule has 0 saturated carbocycles. The van der Waals surface area contributed by atoms with E-state index in [9.17, 15) is 0 Å². The van der Waals surface area contributed by atoms with Crippen LogP contribution in [0.5, 0.6) is 0 Å². The molecule has 46 heavy (non-hydrogen) atoms. The van der Waals surface area contributed by atoms with E-state index in [-0.39, 0.29) is 5.41 Å². The van der Waals surface area contributed by atoms with E-state index in [2.05, 4.69) is 146 Å². The first-order chi connectivity index (χ1) is 22.6. The van der Waals surface area contributed by atoms with Crippen molar-refractivity contribution >= 4 is 21.8 Å². The molecule has 0 saturated heterocycles. The van der Waals surface area contributed by atoms with Crippen LogP contribution in [0, 0.1) is 0 Å². The molecule has 2 aromatic heterocycles. The van der Waals surface area contributed by atoms with Gasteiger partial charge >= 0.3 is 0 Å². The van der Waals surface area contributed by atoms with Gasteiger partial charge in [-0.1, -0.05) is 129 Å². The lowest BCUT2D eigenvalue weighted by Crippen LogP contribution is -2.14. The van der Waals surface area contributed by atoms with Gasteiger partial charge in [0.05, 0.1) is 22.4 Å². The monoisotopic (exact) mass is 589 g/mol. The summed E-state index contributed by atoms with van der Waals surface area (Å²) in [5.41, 5.74) is 13.9. The summed E-state index contributed by atoms with van der Waals surface area (Å²) in [6.07, 6.45) is 0. The zero-order valence-corrected chi connectivity index (χ0v) is 25.8. The summed E-state index contributed by atoms with van der Waals surface area (Å²) in [5.74, 6) is 0.723. The lowest BCUT2D eigenvalue weighted by Gasteiger charge is -2.21. The smallest absolute Gasteiger partial charge is 0.160 e. The van der Waals surface area contributed by atoms with E-state index >= 15 is 0 Å². The van der Waals surface area contributed by atoms with Crippen molar-refractivity contribution in [3.05, 3.63) is 163 Å². The number of rotatable bonds is 4. The Bertz CT molecular complexity index is 2360. The second-order valence-corrected chi connectivity index (χ2v) is 12.7. The highest BCUT2D eigenvalue weighted by Crippen LogP contribution is 2.51. The second-order valence-electron chi connectivity index (χ2n) is 12.7. The Morgan fingerprint density at radius 1 is 0.457 bits per heavy atom. The molecule has 0 radical (unpaired) electrons. The summed E-state index contributed by atoms with van der Waals surface area (Å²) < 4.78 is 2.41. The van der Waals surface area contributed by atoms with Gasteiger partial charge in [0.25, 0.3) is 0 Å². The normalized spacial score (nSPS) is 13.2. The molecule has 0 amide bonds. The molecular weight excluding hydrogens is 558 g/mol. The SMILES string of the molecule is CC1(C)c2ccccc2-c2cc3c(cc21)c1ccccc1n3-c1ccc(-c2cc(-c3ccccc3)nc(-c3ccccc3)n2)cc1. The first-order valence-electron chi connectivity index (χ1n) is 15.8. The van der Waals surface area contributed by atoms with Crippen molar-refractivity contribution in [1.29, 1.82) is 0 Å². The highest BCUT2D eigenvalue weighted by Gasteiger charge is 2.36. The van der Waals surface area contributed by atoms with Crippen LogP contribution in [0.15, 0.2) is 152 Å². The molecule has 0 N–H and O–H groups in total. The van der Waals surface area contributed by atoms with Gasteiger partial charge in [0.2, 0.25) is 0 Å². The number of hydrogen-bond donors (Lipinski definition) is 0. The Labute approximate surface area is 268 Å². The zero-order chi connectivity index (χ0) is 30.8. The summed E-state index contributed by atoms with van der Waals surface area (Å²) >= 11 is 0. The molecule has 2 heterocycles. The van der Waals surface area contributed by atoms with E-state index < -0.39 is 0 Å². The standard InChI is InChI=1S/C43H31N3/c1-43(2)36-19-11-9-17-32(36)34-26-41-35(25-37(34)43)33-18-10-12-20-40(33)46(41)31-23-21-29(22-24-31)39-27-38(28-13-5-3-6-14-28)44-42(45-39)30-15-7-4-8-16-30/h3-27H,1-2H3. The van der Waals surface area contributed by atoms with Gasteiger partial charge in [0, 0.05) is 38.6 Å². The van der Waals surface area contributed by atoms with Crippen molar-refractivity contribution in [2.24, 2.45) is 0 Å².